The van der Waals surface area contributed by atoms with E-state index >= 15 is 0 Å². The summed E-state index contributed by atoms with van der Waals surface area (Å²) in [5.74, 6) is 7.18. The second kappa shape index (κ2) is 6.89. The first kappa shape index (κ1) is 15.6. The number of rotatable bonds is 3. The average Bonchev–Trinajstić information content (AvgIpc) is 2.51. The van der Waals surface area contributed by atoms with E-state index in [9.17, 15) is 4.79 Å². The van der Waals surface area contributed by atoms with Crippen LogP contribution in [0.3, 0.4) is 0 Å². The molecule has 0 bridgehead atoms. The van der Waals surface area contributed by atoms with Gasteiger partial charge in [0.1, 0.15) is 10.9 Å². The molecule has 1 aromatic carbocycles. The molecule has 0 atom stereocenters. The van der Waals surface area contributed by atoms with Gasteiger partial charge >= 0.3 is 0 Å². The van der Waals surface area contributed by atoms with Gasteiger partial charge in [0.05, 0.1) is 13.7 Å². The molecule has 23 heavy (non-hydrogen) atoms. The number of halogens is 1. The zero-order valence-corrected chi connectivity index (χ0v) is 13.6. The Labute approximate surface area is 140 Å². The molecule has 0 N–H and O–H groups in total. The Morgan fingerprint density at radius 1 is 1.35 bits per heavy atom. The summed E-state index contributed by atoms with van der Waals surface area (Å²) in [7, 11) is 1.62. The molecule has 1 heterocycles. The van der Waals surface area contributed by atoms with Crippen LogP contribution >= 0.6 is 11.6 Å². The molecule has 1 saturated carbocycles. The van der Waals surface area contributed by atoms with Crippen molar-refractivity contribution in [3.63, 3.8) is 0 Å². The number of ether oxygens (including phenoxy) is 1. The van der Waals surface area contributed by atoms with Crippen molar-refractivity contribution in [3.05, 3.63) is 57.2 Å². The van der Waals surface area contributed by atoms with Crippen molar-refractivity contribution in [2.24, 2.45) is 5.92 Å². The van der Waals surface area contributed by atoms with E-state index in [1.807, 2.05) is 24.3 Å². The van der Waals surface area contributed by atoms with Crippen LogP contribution in [0.15, 0.2) is 35.3 Å². The number of aromatic nitrogens is 2. The van der Waals surface area contributed by atoms with Crippen molar-refractivity contribution < 1.29 is 4.74 Å². The second-order valence-corrected chi connectivity index (χ2v) is 5.98. The van der Waals surface area contributed by atoms with Crippen LogP contribution < -0.4 is 10.3 Å². The maximum atomic E-state index is 12.5. The van der Waals surface area contributed by atoms with Crippen LogP contribution in [-0.4, -0.2) is 16.7 Å². The highest BCUT2D eigenvalue weighted by atomic mass is 35.5. The predicted molar refractivity (Wildman–Crippen MR) is 89.8 cm³/mol. The SMILES string of the molecule is COc1ccc(Cn2cc(Cl)nc(C#CC3CCC3)c2=O)cc1. The van der Waals surface area contributed by atoms with Gasteiger partial charge in [-0.05, 0) is 36.5 Å². The molecule has 0 saturated heterocycles. The van der Waals surface area contributed by atoms with Crippen molar-refractivity contribution >= 4 is 11.6 Å². The summed E-state index contributed by atoms with van der Waals surface area (Å²) in [5.41, 5.74) is 0.989. The maximum Gasteiger partial charge on any atom is 0.285 e. The van der Waals surface area contributed by atoms with Gasteiger partial charge < -0.3 is 9.30 Å². The summed E-state index contributed by atoms with van der Waals surface area (Å²) in [6.07, 6.45) is 4.97. The van der Waals surface area contributed by atoms with E-state index in [0.29, 0.717) is 12.5 Å². The van der Waals surface area contributed by atoms with Crippen molar-refractivity contribution in [1.29, 1.82) is 0 Å². The minimum Gasteiger partial charge on any atom is -0.497 e. The summed E-state index contributed by atoms with van der Waals surface area (Å²) in [5, 5.41) is 0.274. The van der Waals surface area contributed by atoms with Crippen molar-refractivity contribution in [3.8, 4) is 17.6 Å². The van der Waals surface area contributed by atoms with Crippen LogP contribution in [0.1, 0.15) is 30.5 Å². The molecule has 0 spiro atoms. The molecule has 0 unspecified atom stereocenters. The number of nitrogens with zero attached hydrogens (tertiary/aromatic N) is 2. The van der Waals surface area contributed by atoms with Crippen LogP contribution in [-0.2, 0) is 6.54 Å². The summed E-state index contributed by atoms with van der Waals surface area (Å²) in [4.78, 5) is 16.6. The lowest BCUT2D eigenvalue weighted by atomic mass is 9.86. The number of hydrogen-bond donors (Lipinski definition) is 0. The van der Waals surface area contributed by atoms with Crippen LogP contribution in [0.25, 0.3) is 0 Å². The van der Waals surface area contributed by atoms with E-state index in [1.165, 1.54) is 6.42 Å². The Morgan fingerprint density at radius 2 is 2.09 bits per heavy atom. The molecule has 4 nitrogen and oxygen atoms in total. The lowest BCUT2D eigenvalue weighted by Gasteiger charge is -2.18. The number of hydrogen-bond acceptors (Lipinski definition) is 3. The van der Waals surface area contributed by atoms with Gasteiger partial charge in [0.15, 0.2) is 5.69 Å². The second-order valence-electron chi connectivity index (χ2n) is 5.59. The lowest BCUT2D eigenvalue weighted by molar-refractivity contribution is 0.401. The third kappa shape index (κ3) is 3.75. The van der Waals surface area contributed by atoms with Gasteiger partial charge in [-0.3, -0.25) is 4.79 Å². The molecule has 0 amide bonds. The first-order valence-electron chi connectivity index (χ1n) is 7.57. The van der Waals surface area contributed by atoms with E-state index in [2.05, 4.69) is 16.8 Å². The number of methoxy groups -OCH3 is 1. The highest BCUT2D eigenvalue weighted by Crippen LogP contribution is 2.25. The van der Waals surface area contributed by atoms with E-state index in [0.717, 1.165) is 24.2 Å². The molecule has 1 aliphatic carbocycles. The Hall–Kier alpha value is -2.25. The molecule has 1 aromatic heterocycles. The molecule has 5 heteroatoms. The third-order valence-electron chi connectivity index (χ3n) is 3.96. The lowest BCUT2D eigenvalue weighted by Crippen LogP contribution is -2.24. The van der Waals surface area contributed by atoms with Gasteiger partial charge in [-0.2, -0.15) is 0 Å². The Bertz CT molecular complexity index is 812. The normalized spacial score (nSPS) is 13.8. The van der Waals surface area contributed by atoms with Gasteiger partial charge in [-0.15, -0.1) is 0 Å². The topological polar surface area (TPSA) is 44.1 Å². The first-order valence-corrected chi connectivity index (χ1v) is 7.95. The smallest absolute Gasteiger partial charge is 0.285 e. The summed E-state index contributed by atoms with van der Waals surface area (Å²) < 4.78 is 6.68. The largest absolute Gasteiger partial charge is 0.497 e. The molecule has 1 fully saturated rings. The first-order chi connectivity index (χ1) is 11.2. The van der Waals surface area contributed by atoms with Crippen LogP contribution in [0.4, 0.5) is 0 Å². The minimum atomic E-state index is -0.211. The predicted octanol–water partition coefficient (Wildman–Crippen LogP) is 3.11. The zero-order chi connectivity index (χ0) is 16.2. The summed E-state index contributed by atoms with van der Waals surface area (Å²) >= 11 is 6.04. The van der Waals surface area contributed by atoms with Gasteiger partial charge in [0.25, 0.3) is 5.56 Å². The Morgan fingerprint density at radius 3 is 2.70 bits per heavy atom. The van der Waals surface area contributed by atoms with Gasteiger partial charge in [-0.25, -0.2) is 4.98 Å². The molecular weight excluding hydrogens is 312 g/mol. The zero-order valence-electron chi connectivity index (χ0n) is 12.9. The van der Waals surface area contributed by atoms with Gasteiger partial charge in [-0.1, -0.05) is 36.1 Å². The summed E-state index contributed by atoms with van der Waals surface area (Å²) in [6, 6.07) is 7.56. The van der Waals surface area contributed by atoms with Crippen molar-refractivity contribution in [1.82, 2.24) is 9.55 Å². The van der Waals surface area contributed by atoms with E-state index in [4.69, 9.17) is 16.3 Å². The average molecular weight is 329 g/mol. The highest BCUT2D eigenvalue weighted by Gasteiger charge is 2.14. The van der Waals surface area contributed by atoms with E-state index < -0.39 is 0 Å². The summed E-state index contributed by atoms with van der Waals surface area (Å²) in [6.45, 7) is 0.420. The minimum absolute atomic E-state index is 0.211. The Kier molecular flexibility index (Phi) is 4.68. The van der Waals surface area contributed by atoms with Gasteiger partial charge in [0.2, 0.25) is 0 Å². The van der Waals surface area contributed by atoms with Crippen LogP contribution in [0, 0.1) is 17.8 Å². The Balaban J connectivity index is 1.87. The fourth-order valence-electron chi connectivity index (χ4n) is 2.36. The fourth-order valence-corrected chi connectivity index (χ4v) is 2.56. The van der Waals surface area contributed by atoms with Crippen molar-refractivity contribution in [2.75, 3.05) is 7.11 Å². The maximum absolute atomic E-state index is 12.5. The molecular formula is C18H17ClN2O2. The molecule has 2 aromatic rings. The standard InChI is InChI=1S/C18H17ClN2O2/c1-23-15-8-5-14(6-9-15)11-21-12-17(19)20-16(18(21)22)10-7-13-3-2-4-13/h5-6,8-9,12-13H,2-4,11H2,1H3. The molecule has 118 valence electrons. The monoisotopic (exact) mass is 328 g/mol. The fraction of sp³-hybridized carbons (Fsp3) is 0.333. The van der Waals surface area contributed by atoms with Crippen molar-refractivity contribution in [2.45, 2.75) is 25.8 Å². The van der Waals surface area contributed by atoms with Crippen LogP contribution in [0.2, 0.25) is 5.15 Å². The van der Waals surface area contributed by atoms with Gasteiger partial charge in [0, 0.05) is 12.1 Å². The molecule has 1 aliphatic rings. The molecule has 0 aliphatic heterocycles. The highest BCUT2D eigenvalue weighted by molar-refractivity contribution is 6.29. The third-order valence-corrected chi connectivity index (χ3v) is 4.14. The quantitative estimate of drug-likeness (QED) is 0.813. The molecule has 3 rings (SSSR count). The van der Waals surface area contributed by atoms with Crippen LogP contribution in [0.5, 0.6) is 5.75 Å². The number of benzene rings is 1. The van der Waals surface area contributed by atoms with E-state index in [1.54, 1.807) is 17.9 Å². The van der Waals surface area contributed by atoms with E-state index in [-0.39, 0.29) is 16.4 Å². The molecule has 0 radical (unpaired) electrons.